The lowest BCUT2D eigenvalue weighted by Crippen LogP contribution is -2.55. The maximum absolute atomic E-state index is 14.0. The molecule has 0 amide bonds. The minimum Gasteiger partial charge on any atom is -0.379 e. The summed E-state index contributed by atoms with van der Waals surface area (Å²) in [4.78, 5) is 25.0. The number of allylic oxidation sites excluding steroid dienone is 2. The van der Waals surface area contributed by atoms with Crippen LogP contribution in [0.2, 0.25) is 25.7 Å². The Morgan fingerprint density at radius 2 is 1.75 bits per heavy atom. The van der Waals surface area contributed by atoms with E-state index in [9.17, 15) is 41.4 Å². The summed E-state index contributed by atoms with van der Waals surface area (Å²) in [5, 5.41) is 28.4. The monoisotopic (exact) mass is 706 g/mol. The van der Waals surface area contributed by atoms with Gasteiger partial charge in [0.2, 0.25) is 5.95 Å². The van der Waals surface area contributed by atoms with Crippen molar-refractivity contribution in [2.45, 2.75) is 70.2 Å². The van der Waals surface area contributed by atoms with Crippen LogP contribution in [0.25, 0.3) is 0 Å². The van der Waals surface area contributed by atoms with Gasteiger partial charge in [-0.15, -0.1) is 0 Å². The Bertz CT molecular complexity index is 1510. The average Bonchev–Trinajstić information content (AvgIpc) is 2.97. The molecule has 12 nitrogen and oxygen atoms in total. The highest BCUT2D eigenvalue weighted by Gasteiger charge is 2.39. The number of piperazine rings is 1. The highest BCUT2D eigenvalue weighted by molar-refractivity contribution is 6.76. The molecule has 48 heavy (non-hydrogen) atoms. The third-order valence-electron chi connectivity index (χ3n) is 7.72. The van der Waals surface area contributed by atoms with Crippen LogP contribution in [-0.4, -0.2) is 106 Å². The Hall–Kier alpha value is -3.52. The van der Waals surface area contributed by atoms with Gasteiger partial charge in [0.1, 0.15) is 24.8 Å². The number of nitrogens with one attached hydrogen (secondary N) is 1. The first-order valence-electron chi connectivity index (χ1n) is 15.2. The molecule has 4 heterocycles. The topological polar surface area (TPSA) is 132 Å². The van der Waals surface area contributed by atoms with E-state index in [4.69, 9.17) is 4.74 Å². The molecule has 266 valence electrons. The second-order valence-corrected chi connectivity index (χ2v) is 18.6. The number of anilines is 2. The van der Waals surface area contributed by atoms with Crippen LogP contribution in [0.3, 0.4) is 0 Å². The molecule has 2 aromatic rings. The Balaban J connectivity index is 1.34. The highest BCUT2D eigenvalue weighted by atomic mass is 28.3. The fourth-order valence-electron chi connectivity index (χ4n) is 5.14. The predicted octanol–water partition coefficient (Wildman–Crippen LogP) is 3.40. The molecule has 0 unspecified atom stereocenters. The van der Waals surface area contributed by atoms with E-state index in [1.54, 1.807) is 25.3 Å². The molecule has 19 heteroatoms. The van der Waals surface area contributed by atoms with Crippen molar-refractivity contribution in [3.05, 3.63) is 64.0 Å². The number of aliphatic hydroxyl groups is 2. The van der Waals surface area contributed by atoms with Crippen molar-refractivity contribution in [1.82, 2.24) is 29.5 Å². The van der Waals surface area contributed by atoms with Crippen LogP contribution in [-0.2, 0) is 23.8 Å². The first-order valence-corrected chi connectivity index (χ1v) is 18.9. The number of ether oxygens (including phenoxy) is 1. The number of hydrogen-bond donors (Lipinski definition) is 3. The molecule has 2 aliphatic heterocycles. The Morgan fingerprint density at radius 3 is 2.35 bits per heavy atom. The van der Waals surface area contributed by atoms with Gasteiger partial charge >= 0.3 is 12.4 Å². The molecule has 1 saturated heterocycles. The number of halogens is 6. The summed E-state index contributed by atoms with van der Waals surface area (Å²) in [6.45, 7) is 8.81. The zero-order chi connectivity index (χ0) is 35.4. The number of aliphatic hydroxyl groups excluding tert-OH is 2. The predicted molar refractivity (Wildman–Crippen MR) is 167 cm³/mol. The van der Waals surface area contributed by atoms with Gasteiger partial charge in [-0.3, -0.25) is 9.69 Å². The number of alkyl halides is 6. The summed E-state index contributed by atoms with van der Waals surface area (Å²) in [5.41, 5.74) is -3.67. The molecule has 0 aromatic carbocycles. The van der Waals surface area contributed by atoms with Crippen LogP contribution in [0.15, 0.2) is 47.3 Å². The fourth-order valence-corrected chi connectivity index (χ4v) is 5.90. The van der Waals surface area contributed by atoms with Crippen LogP contribution in [0, 0.1) is 0 Å². The molecule has 0 aliphatic carbocycles. The van der Waals surface area contributed by atoms with Gasteiger partial charge in [0.25, 0.3) is 5.56 Å². The summed E-state index contributed by atoms with van der Waals surface area (Å²) in [5.74, 6) is -0.0466. The first-order chi connectivity index (χ1) is 22.3. The number of aromatic nitrogens is 4. The van der Waals surface area contributed by atoms with Crippen molar-refractivity contribution >= 4 is 19.7 Å². The van der Waals surface area contributed by atoms with Crippen molar-refractivity contribution in [2.24, 2.45) is 0 Å². The second-order valence-electron chi connectivity index (χ2n) is 13.0. The van der Waals surface area contributed by atoms with Gasteiger partial charge in [-0.1, -0.05) is 25.7 Å². The minimum atomic E-state index is -4.96. The van der Waals surface area contributed by atoms with Crippen molar-refractivity contribution in [3.63, 3.8) is 0 Å². The van der Waals surface area contributed by atoms with Gasteiger partial charge in [-0.25, -0.2) is 14.6 Å². The van der Waals surface area contributed by atoms with E-state index >= 15 is 0 Å². The second kappa shape index (κ2) is 14.9. The van der Waals surface area contributed by atoms with E-state index in [1.165, 1.54) is 9.80 Å². The van der Waals surface area contributed by atoms with Gasteiger partial charge in [0, 0.05) is 72.0 Å². The zero-order valence-electron chi connectivity index (χ0n) is 27.0. The van der Waals surface area contributed by atoms with Crippen molar-refractivity contribution in [1.29, 1.82) is 0 Å². The fraction of sp³-hybridized carbons (Fsp3) is 0.586. The quantitative estimate of drug-likeness (QED) is 0.171. The zero-order valence-corrected chi connectivity index (χ0v) is 28.0. The summed E-state index contributed by atoms with van der Waals surface area (Å²) < 4.78 is 86.7. The van der Waals surface area contributed by atoms with Crippen molar-refractivity contribution < 1.29 is 41.3 Å². The lowest BCUT2D eigenvalue weighted by molar-refractivity contribution is -0.139. The van der Waals surface area contributed by atoms with Gasteiger partial charge in [-0.2, -0.15) is 31.4 Å². The summed E-state index contributed by atoms with van der Waals surface area (Å²) >= 11 is 0. The Labute approximate surface area is 274 Å². The van der Waals surface area contributed by atoms with E-state index in [1.807, 2.05) is 4.90 Å². The average molecular weight is 707 g/mol. The van der Waals surface area contributed by atoms with E-state index < -0.39 is 68.0 Å². The van der Waals surface area contributed by atoms with Crippen LogP contribution in [0.1, 0.15) is 18.1 Å². The number of hydrogen-bond acceptors (Lipinski definition) is 11. The maximum Gasteiger partial charge on any atom is 0.423 e. The minimum absolute atomic E-state index is 0.0466. The smallest absolute Gasteiger partial charge is 0.379 e. The third-order valence-corrected chi connectivity index (χ3v) is 9.43. The molecular formula is C29H40F6N8O4Si. The van der Waals surface area contributed by atoms with Crippen LogP contribution >= 0.6 is 0 Å². The van der Waals surface area contributed by atoms with Gasteiger partial charge < -0.3 is 30.1 Å². The van der Waals surface area contributed by atoms with Gasteiger partial charge in [0.15, 0.2) is 0 Å². The number of nitrogens with zero attached hydrogens (tertiary/aromatic N) is 7. The molecule has 3 N–H and O–H groups in total. The highest BCUT2D eigenvalue weighted by Crippen LogP contribution is 2.32. The molecule has 2 aromatic heterocycles. The lowest BCUT2D eigenvalue weighted by Gasteiger charge is -2.40. The summed E-state index contributed by atoms with van der Waals surface area (Å²) in [6.07, 6.45) is -4.63. The molecule has 0 radical (unpaired) electrons. The molecule has 1 fully saturated rings. The Morgan fingerprint density at radius 1 is 1.06 bits per heavy atom. The van der Waals surface area contributed by atoms with E-state index in [-0.39, 0.29) is 32.1 Å². The van der Waals surface area contributed by atoms with Crippen LogP contribution in [0.4, 0.5) is 38.0 Å². The molecule has 0 spiro atoms. The SMILES string of the molecule is C[C@@H](CN1C=CC=C(CN2CCN(c3ncc(C(F)(F)F)cn3)[C@@H](O)C2)[C@@H]1O)Nc1cnn(COCC[Si](C)(C)C)c(=O)c1C(F)(F)F. The van der Waals surface area contributed by atoms with E-state index in [0.717, 1.165) is 12.2 Å². The van der Waals surface area contributed by atoms with Crippen molar-refractivity contribution in [2.75, 3.05) is 49.5 Å². The van der Waals surface area contributed by atoms with Crippen LogP contribution < -0.4 is 15.8 Å². The molecular weight excluding hydrogens is 666 g/mol. The van der Waals surface area contributed by atoms with Gasteiger partial charge in [0.05, 0.1) is 17.4 Å². The normalized spacial score (nSPS) is 20.2. The van der Waals surface area contributed by atoms with E-state index in [2.05, 4.69) is 40.0 Å². The first kappa shape index (κ1) is 37.3. The largest absolute Gasteiger partial charge is 0.423 e. The number of β-amino-alcohol motifs (C(OH)–C–C–N with tert-alkyl or cyclic N) is 1. The maximum atomic E-state index is 14.0. The van der Waals surface area contributed by atoms with Crippen molar-refractivity contribution in [3.8, 4) is 0 Å². The van der Waals surface area contributed by atoms with Crippen LogP contribution in [0.5, 0.6) is 0 Å². The molecule has 3 atom stereocenters. The third kappa shape index (κ3) is 9.77. The van der Waals surface area contributed by atoms with E-state index in [0.29, 0.717) is 35.8 Å². The summed E-state index contributed by atoms with van der Waals surface area (Å²) in [7, 11) is -1.44. The van der Waals surface area contributed by atoms with Gasteiger partial charge in [-0.05, 0) is 24.6 Å². The lowest BCUT2D eigenvalue weighted by atomic mass is 10.1. The Kier molecular flexibility index (Phi) is 11.6. The number of rotatable bonds is 12. The molecule has 2 aliphatic rings. The molecule has 0 bridgehead atoms. The standard InChI is InChI=1S/C29H40F6N8O4Si/c1-19(39-22-14-38-43(18-47-10-11-48(2,3)4)26(46)24(22)29(33,34)35)15-41-7-5-6-20(25(41)45)16-40-8-9-42(23(44)17-40)27-36-12-21(13-37-27)28(30,31)32/h5-7,12-14,19,23,25,39,44-45H,8-11,15-18H2,1-4H3/t19-,23-,25-/m0/s1. The molecule has 0 saturated carbocycles. The molecule has 4 rings (SSSR count). The summed E-state index contributed by atoms with van der Waals surface area (Å²) in [6, 6.07) is 0.0995.